The maximum absolute atomic E-state index is 11.6. The number of fused-ring (bicyclic) bond motifs is 3. The van der Waals surface area contributed by atoms with Crippen LogP contribution < -0.4 is 5.32 Å². The van der Waals surface area contributed by atoms with Crippen molar-refractivity contribution in [3.63, 3.8) is 0 Å². The van der Waals surface area contributed by atoms with Crippen molar-refractivity contribution in [3.05, 3.63) is 41.7 Å². The molecular weight excluding hydrogens is 302 g/mol. The molecule has 5 nitrogen and oxygen atoms in total. The maximum atomic E-state index is 11.6. The average Bonchev–Trinajstić information content (AvgIpc) is 2.74. The van der Waals surface area contributed by atoms with Gasteiger partial charge >= 0.3 is 5.97 Å². The van der Waals surface area contributed by atoms with Crippen LogP contribution in [0.25, 0.3) is 11.3 Å². The highest BCUT2D eigenvalue weighted by Crippen LogP contribution is 2.33. The summed E-state index contributed by atoms with van der Waals surface area (Å²) >= 11 is 0. The fraction of sp³-hybridized carbons (Fsp3) is 0.421. The molecule has 0 amide bonds. The van der Waals surface area contributed by atoms with Crippen molar-refractivity contribution in [2.75, 3.05) is 5.32 Å². The Labute approximate surface area is 142 Å². The van der Waals surface area contributed by atoms with Gasteiger partial charge in [0.1, 0.15) is 18.2 Å². The van der Waals surface area contributed by atoms with Gasteiger partial charge in [0.25, 0.3) is 0 Å². The zero-order valence-electron chi connectivity index (χ0n) is 14.1. The Morgan fingerprint density at radius 2 is 2.04 bits per heavy atom. The van der Waals surface area contributed by atoms with Gasteiger partial charge in [-0.3, -0.25) is 0 Å². The van der Waals surface area contributed by atoms with Crippen LogP contribution in [0.2, 0.25) is 0 Å². The predicted molar refractivity (Wildman–Crippen MR) is 94.0 cm³/mol. The molecule has 0 fully saturated rings. The molecule has 0 bridgehead atoms. The largest absolute Gasteiger partial charge is 0.480 e. The number of anilines is 1. The van der Waals surface area contributed by atoms with Crippen molar-refractivity contribution in [1.82, 2.24) is 9.97 Å². The van der Waals surface area contributed by atoms with Crippen molar-refractivity contribution < 1.29 is 9.90 Å². The predicted octanol–water partition coefficient (Wildman–Crippen LogP) is 3.54. The Hall–Kier alpha value is -2.43. The van der Waals surface area contributed by atoms with Crippen molar-refractivity contribution in [2.24, 2.45) is 5.92 Å². The second-order valence-electron chi connectivity index (χ2n) is 6.72. The first kappa shape index (κ1) is 16.4. The monoisotopic (exact) mass is 325 g/mol. The number of carboxylic acid groups (broad SMARTS) is 1. The van der Waals surface area contributed by atoms with Crippen LogP contribution in [-0.2, 0) is 17.6 Å². The van der Waals surface area contributed by atoms with Crippen molar-refractivity contribution in [3.8, 4) is 11.3 Å². The lowest BCUT2D eigenvalue weighted by Crippen LogP contribution is -2.31. The smallest absolute Gasteiger partial charge is 0.326 e. The summed E-state index contributed by atoms with van der Waals surface area (Å²) in [4.78, 5) is 20.4. The molecule has 1 aliphatic rings. The van der Waals surface area contributed by atoms with Crippen LogP contribution in [0.5, 0.6) is 0 Å². The molecule has 2 N–H and O–H groups in total. The molecule has 0 saturated carbocycles. The van der Waals surface area contributed by atoms with Crippen LogP contribution >= 0.6 is 0 Å². The number of aromatic nitrogens is 2. The van der Waals surface area contributed by atoms with Crippen LogP contribution in [0.3, 0.4) is 0 Å². The van der Waals surface area contributed by atoms with Crippen LogP contribution in [0.1, 0.15) is 37.8 Å². The summed E-state index contributed by atoms with van der Waals surface area (Å²) in [6.45, 7) is 4.04. The molecule has 2 aromatic rings. The molecule has 3 rings (SSSR count). The number of carbonyl (C=O) groups is 1. The Morgan fingerprint density at radius 3 is 2.79 bits per heavy atom. The van der Waals surface area contributed by atoms with Gasteiger partial charge in [-0.25, -0.2) is 14.8 Å². The van der Waals surface area contributed by atoms with E-state index in [4.69, 9.17) is 0 Å². The fourth-order valence-electron chi connectivity index (χ4n) is 3.29. The lowest BCUT2D eigenvalue weighted by Gasteiger charge is -2.19. The SMILES string of the molecule is CC(C)C[C@@H](Nc1ncnc2c1CCCc1ccccc1-2)C(=O)O. The van der Waals surface area contributed by atoms with E-state index in [1.54, 1.807) is 0 Å². The minimum atomic E-state index is -0.843. The Morgan fingerprint density at radius 1 is 1.25 bits per heavy atom. The summed E-state index contributed by atoms with van der Waals surface area (Å²) in [5.74, 6) is 0.106. The third kappa shape index (κ3) is 3.40. The molecule has 24 heavy (non-hydrogen) atoms. The number of hydrogen-bond acceptors (Lipinski definition) is 4. The number of carboxylic acids is 1. The lowest BCUT2D eigenvalue weighted by molar-refractivity contribution is -0.138. The molecule has 0 unspecified atom stereocenters. The highest BCUT2D eigenvalue weighted by Gasteiger charge is 2.23. The third-order valence-electron chi connectivity index (χ3n) is 4.41. The number of benzene rings is 1. The number of hydrogen-bond donors (Lipinski definition) is 2. The van der Waals surface area contributed by atoms with E-state index in [0.29, 0.717) is 18.2 Å². The number of nitrogens with one attached hydrogen (secondary N) is 1. The van der Waals surface area contributed by atoms with Gasteiger partial charge in [-0.05, 0) is 37.2 Å². The van der Waals surface area contributed by atoms with E-state index in [9.17, 15) is 9.90 Å². The number of nitrogens with zero attached hydrogens (tertiary/aromatic N) is 2. The summed E-state index contributed by atoms with van der Waals surface area (Å²) in [5, 5.41) is 12.6. The summed E-state index contributed by atoms with van der Waals surface area (Å²) in [6.07, 6.45) is 4.94. The topological polar surface area (TPSA) is 75.1 Å². The van der Waals surface area contributed by atoms with Gasteiger partial charge in [0.05, 0.1) is 5.69 Å². The summed E-state index contributed by atoms with van der Waals surface area (Å²) in [5.41, 5.74) is 4.37. The van der Waals surface area contributed by atoms with E-state index in [2.05, 4.69) is 27.4 Å². The minimum absolute atomic E-state index is 0.291. The van der Waals surface area contributed by atoms with Gasteiger partial charge in [-0.1, -0.05) is 38.1 Å². The van der Waals surface area contributed by atoms with Crippen molar-refractivity contribution >= 4 is 11.8 Å². The number of rotatable bonds is 5. The minimum Gasteiger partial charge on any atom is -0.480 e. The van der Waals surface area contributed by atoms with Crippen LogP contribution in [0.4, 0.5) is 5.82 Å². The first-order valence-electron chi connectivity index (χ1n) is 8.47. The molecule has 0 aliphatic heterocycles. The molecule has 0 saturated heterocycles. The Kier molecular flexibility index (Phi) is 4.79. The number of aliphatic carboxylic acids is 1. The van der Waals surface area contributed by atoms with Gasteiger partial charge in [0.2, 0.25) is 0 Å². The third-order valence-corrected chi connectivity index (χ3v) is 4.41. The second-order valence-corrected chi connectivity index (χ2v) is 6.72. The molecule has 1 aromatic heterocycles. The first-order valence-corrected chi connectivity index (χ1v) is 8.47. The van der Waals surface area contributed by atoms with Crippen LogP contribution in [-0.4, -0.2) is 27.1 Å². The van der Waals surface area contributed by atoms with E-state index >= 15 is 0 Å². The van der Waals surface area contributed by atoms with Gasteiger partial charge in [0.15, 0.2) is 0 Å². The molecule has 1 atom stereocenters. The normalized spacial score (nSPS) is 14.5. The molecule has 0 spiro atoms. The number of aryl methyl sites for hydroxylation is 1. The molecule has 126 valence electrons. The molecule has 1 aromatic carbocycles. The van der Waals surface area contributed by atoms with Crippen LogP contribution in [0.15, 0.2) is 30.6 Å². The Balaban J connectivity index is 1.99. The second kappa shape index (κ2) is 6.99. The fourth-order valence-corrected chi connectivity index (χ4v) is 3.29. The van der Waals surface area contributed by atoms with E-state index in [0.717, 1.165) is 36.1 Å². The van der Waals surface area contributed by atoms with E-state index in [1.807, 2.05) is 26.0 Å². The van der Waals surface area contributed by atoms with E-state index < -0.39 is 12.0 Å². The van der Waals surface area contributed by atoms with Gasteiger partial charge in [-0.15, -0.1) is 0 Å². The van der Waals surface area contributed by atoms with E-state index in [1.165, 1.54) is 11.9 Å². The van der Waals surface area contributed by atoms with Crippen molar-refractivity contribution in [1.29, 1.82) is 0 Å². The zero-order valence-corrected chi connectivity index (χ0v) is 14.1. The molecule has 1 aliphatic carbocycles. The molecule has 1 heterocycles. The van der Waals surface area contributed by atoms with Gasteiger partial charge < -0.3 is 10.4 Å². The summed E-state index contributed by atoms with van der Waals surface area (Å²) in [6, 6.07) is 7.65. The highest BCUT2D eigenvalue weighted by molar-refractivity contribution is 5.79. The van der Waals surface area contributed by atoms with Crippen molar-refractivity contribution in [2.45, 2.75) is 45.6 Å². The van der Waals surface area contributed by atoms with E-state index in [-0.39, 0.29) is 0 Å². The van der Waals surface area contributed by atoms with Gasteiger partial charge in [-0.2, -0.15) is 0 Å². The molecule has 5 heteroatoms. The summed E-state index contributed by atoms with van der Waals surface area (Å²) in [7, 11) is 0. The van der Waals surface area contributed by atoms with Gasteiger partial charge in [0, 0.05) is 11.1 Å². The Bertz CT molecular complexity index is 743. The quantitative estimate of drug-likeness (QED) is 0.879. The highest BCUT2D eigenvalue weighted by atomic mass is 16.4. The first-order chi connectivity index (χ1) is 11.6. The standard InChI is InChI=1S/C19H23N3O2/c1-12(2)10-16(19(23)24)22-18-15-9-5-7-13-6-3-4-8-14(13)17(15)20-11-21-18/h3-4,6,8,11-12,16H,5,7,9-10H2,1-2H3,(H,23,24)(H,20,21,22)/t16-/m1/s1. The average molecular weight is 325 g/mol. The van der Waals surface area contributed by atoms with Crippen LogP contribution in [0, 0.1) is 5.92 Å². The molecule has 0 radical (unpaired) electrons. The summed E-state index contributed by atoms with van der Waals surface area (Å²) < 4.78 is 0. The molecular formula is C19H23N3O2. The lowest BCUT2D eigenvalue weighted by atomic mass is 10.0. The maximum Gasteiger partial charge on any atom is 0.326 e. The zero-order chi connectivity index (χ0) is 17.1.